The fraction of sp³-hybridized carbons (Fsp3) is 0.562. The number of benzene rings is 1. The Bertz CT molecular complexity index is 445. The molecule has 0 spiro atoms. The largest absolute Gasteiger partial charge is 0.493 e. The SMILES string of the molecule is CCC(N)(CCCOc1ccccc1C(C)C)C(=O)O. The van der Waals surface area contributed by atoms with Gasteiger partial charge in [0.1, 0.15) is 11.3 Å². The van der Waals surface area contributed by atoms with Gasteiger partial charge < -0.3 is 15.6 Å². The van der Waals surface area contributed by atoms with E-state index < -0.39 is 11.5 Å². The van der Waals surface area contributed by atoms with Gasteiger partial charge in [-0.25, -0.2) is 0 Å². The van der Waals surface area contributed by atoms with Crippen LogP contribution in [0.1, 0.15) is 51.5 Å². The second-order valence-corrected chi connectivity index (χ2v) is 5.46. The highest BCUT2D eigenvalue weighted by atomic mass is 16.5. The number of ether oxygens (including phenoxy) is 1. The molecular formula is C16H25NO3. The zero-order chi connectivity index (χ0) is 15.2. The van der Waals surface area contributed by atoms with Crippen LogP contribution in [0.5, 0.6) is 5.75 Å². The molecule has 3 N–H and O–H groups in total. The summed E-state index contributed by atoms with van der Waals surface area (Å²) in [5.74, 6) is 0.328. The topological polar surface area (TPSA) is 72.5 Å². The van der Waals surface area contributed by atoms with Crippen LogP contribution in [-0.2, 0) is 4.79 Å². The highest BCUT2D eigenvalue weighted by Gasteiger charge is 2.31. The number of para-hydroxylation sites is 1. The van der Waals surface area contributed by atoms with Crippen LogP contribution in [0, 0.1) is 0 Å². The van der Waals surface area contributed by atoms with Crippen molar-refractivity contribution in [1.82, 2.24) is 0 Å². The van der Waals surface area contributed by atoms with E-state index >= 15 is 0 Å². The van der Waals surface area contributed by atoms with E-state index in [0.717, 1.165) is 5.75 Å². The van der Waals surface area contributed by atoms with Crippen molar-refractivity contribution in [2.75, 3.05) is 6.61 Å². The minimum atomic E-state index is -1.14. The van der Waals surface area contributed by atoms with Gasteiger partial charge in [0.25, 0.3) is 0 Å². The quantitative estimate of drug-likeness (QED) is 0.717. The van der Waals surface area contributed by atoms with E-state index in [9.17, 15) is 4.79 Å². The smallest absolute Gasteiger partial charge is 0.323 e. The van der Waals surface area contributed by atoms with Crippen molar-refractivity contribution in [3.63, 3.8) is 0 Å². The predicted octanol–water partition coefficient (Wildman–Crippen LogP) is 3.16. The molecule has 1 unspecified atom stereocenters. The van der Waals surface area contributed by atoms with Gasteiger partial charge in [-0.15, -0.1) is 0 Å². The molecule has 4 nitrogen and oxygen atoms in total. The fourth-order valence-electron chi connectivity index (χ4n) is 2.09. The normalized spacial score (nSPS) is 14.1. The molecule has 1 rings (SSSR count). The van der Waals surface area contributed by atoms with Crippen LogP contribution in [0.2, 0.25) is 0 Å². The number of nitrogens with two attached hydrogens (primary N) is 1. The Kier molecular flexibility index (Phi) is 6.02. The first-order chi connectivity index (χ1) is 9.40. The number of hydrogen-bond acceptors (Lipinski definition) is 3. The summed E-state index contributed by atoms with van der Waals surface area (Å²) in [6.07, 6.45) is 1.47. The highest BCUT2D eigenvalue weighted by molar-refractivity contribution is 5.78. The molecule has 0 aliphatic heterocycles. The van der Waals surface area contributed by atoms with E-state index in [2.05, 4.69) is 19.9 Å². The Morgan fingerprint density at radius 2 is 2.05 bits per heavy atom. The monoisotopic (exact) mass is 279 g/mol. The van der Waals surface area contributed by atoms with Crippen LogP contribution in [-0.4, -0.2) is 23.2 Å². The van der Waals surface area contributed by atoms with E-state index in [1.54, 1.807) is 6.92 Å². The van der Waals surface area contributed by atoms with Gasteiger partial charge in [0, 0.05) is 0 Å². The number of aliphatic carboxylic acids is 1. The van der Waals surface area contributed by atoms with Crippen LogP contribution >= 0.6 is 0 Å². The Hall–Kier alpha value is -1.55. The molecule has 0 amide bonds. The first kappa shape index (κ1) is 16.5. The van der Waals surface area contributed by atoms with Gasteiger partial charge in [-0.05, 0) is 36.8 Å². The van der Waals surface area contributed by atoms with Gasteiger partial charge in [0.2, 0.25) is 0 Å². The van der Waals surface area contributed by atoms with Crippen molar-refractivity contribution in [1.29, 1.82) is 0 Å². The standard InChI is InChI=1S/C16H25NO3/c1-4-16(17,15(18)19)10-7-11-20-14-9-6-5-8-13(14)12(2)3/h5-6,8-9,12H,4,7,10-11,17H2,1-3H3,(H,18,19). The zero-order valence-corrected chi connectivity index (χ0v) is 12.6. The number of rotatable bonds is 8. The maximum atomic E-state index is 11.1. The third-order valence-electron chi connectivity index (χ3n) is 3.62. The molecule has 1 atom stereocenters. The summed E-state index contributed by atoms with van der Waals surface area (Å²) >= 11 is 0. The third-order valence-corrected chi connectivity index (χ3v) is 3.62. The van der Waals surface area contributed by atoms with Gasteiger partial charge >= 0.3 is 5.97 Å². The zero-order valence-electron chi connectivity index (χ0n) is 12.6. The van der Waals surface area contributed by atoms with Crippen molar-refractivity contribution in [2.24, 2.45) is 5.73 Å². The molecule has 4 heteroatoms. The van der Waals surface area contributed by atoms with E-state index in [-0.39, 0.29) is 0 Å². The highest BCUT2D eigenvalue weighted by Crippen LogP contribution is 2.26. The van der Waals surface area contributed by atoms with Gasteiger partial charge in [0.15, 0.2) is 0 Å². The number of carboxylic acid groups (broad SMARTS) is 1. The van der Waals surface area contributed by atoms with Crippen LogP contribution in [0.25, 0.3) is 0 Å². The van der Waals surface area contributed by atoms with Crippen LogP contribution < -0.4 is 10.5 Å². The Morgan fingerprint density at radius 3 is 2.60 bits per heavy atom. The maximum Gasteiger partial charge on any atom is 0.323 e. The third kappa shape index (κ3) is 4.23. The lowest BCUT2D eigenvalue weighted by molar-refractivity contribution is -0.143. The Balaban J connectivity index is 2.52. The first-order valence-corrected chi connectivity index (χ1v) is 7.14. The number of carboxylic acids is 1. The molecule has 0 aliphatic rings. The maximum absolute atomic E-state index is 11.1. The van der Waals surface area contributed by atoms with Crippen molar-refractivity contribution >= 4 is 5.97 Å². The number of hydrogen-bond donors (Lipinski definition) is 2. The molecule has 0 heterocycles. The molecule has 1 aromatic rings. The Labute approximate surface area is 120 Å². The molecule has 0 aromatic heterocycles. The average Bonchev–Trinajstić information content (AvgIpc) is 2.43. The van der Waals surface area contributed by atoms with E-state index in [1.165, 1.54) is 5.56 Å². The van der Waals surface area contributed by atoms with Crippen molar-refractivity contribution in [3.05, 3.63) is 29.8 Å². The lowest BCUT2D eigenvalue weighted by Crippen LogP contribution is -2.47. The lowest BCUT2D eigenvalue weighted by Gasteiger charge is -2.23. The summed E-state index contributed by atoms with van der Waals surface area (Å²) in [5, 5.41) is 9.10. The van der Waals surface area contributed by atoms with Crippen LogP contribution in [0.15, 0.2) is 24.3 Å². The van der Waals surface area contributed by atoms with Gasteiger partial charge in [-0.1, -0.05) is 39.0 Å². The molecule has 0 aliphatic carbocycles. The summed E-state index contributed by atoms with van der Waals surface area (Å²) in [4.78, 5) is 11.1. The number of carbonyl (C=O) groups is 1. The fourth-order valence-corrected chi connectivity index (χ4v) is 2.09. The van der Waals surface area contributed by atoms with E-state index in [4.69, 9.17) is 15.6 Å². The molecule has 20 heavy (non-hydrogen) atoms. The first-order valence-electron chi connectivity index (χ1n) is 7.14. The summed E-state index contributed by atoms with van der Waals surface area (Å²) in [6, 6.07) is 7.94. The van der Waals surface area contributed by atoms with Crippen molar-refractivity contribution < 1.29 is 14.6 Å². The summed E-state index contributed by atoms with van der Waals surface area (Å²) < 4.78 is 5.77. The van der Waals surface area contributed by atoms with Crippen molar-refractivity contribution in [3.8, 4) is 5.75 Å². The average molecular weight is 279 g/mol. The molecule has 1 aromatic carbocycles. The van der Waals surface area contributed by atoms with Crippen LogP contribution in [0.4, 0.5) is 0 Å². The molecule has 0 radical (unpaired) electrons. The molecule has 0 fully saturated rings. The molecular weight excluding hydrogens is 254 g/mol. The summed E-state index contributed by atoms with van der Waals surface area (Å²) in [7, 11) is 0. The predicted molar refractivity (Wildman–Crippen MR) is 80.1 cm³/mol. The van der Waals surface area contributed by atoms with E-state index in [0.29, 0.717) is 31.8 Å². The van der Waals surface area contributed by atoms with Crippen molar-refractivity contribution in [2.45, 2.75) is 51.5 Å². The van der Waals surface area contributed by atoms with Gasteiger partial charge in [-0.3, -0.25) is 4.79 Å². The molecule has 112 valence electrons. The lowest BCUT2D eigenvalue weighted by atomic mass is 9.92. The van der Waals surface area contributed by atoms with Crippen LogP contribution in [0.3, 0.4) is 0 Å². The van der Waals surface area contributed by atoms with Gasteiger partial charge in [0.05, 0.1) is 6.61 Å². The Morgan fingerprint density at radius 1 is 1.40 bits per heavy atom. The van der Waals surface area contributed by atoms with Gasteiger partial charge in [-0.2, -0.15) is 0 Å². The summed E-state index contributed by atoms with van der Waals surface area (Å²) in [5.41, 5.74) is 5.87. The minimum absolute atomic E-state index is 0.398. The second kappa shape index (κ2) is 7.29. The molecule has 0 saturated heterocycles. The van der Waals surface area contributed by atoms with E-state index in [1.807, 2.05) is 18.2 Å². The summed E-state index contributed by atoms with van der Waals surface area (Å²) in [6.45, 7) is 6.52. The molecule has 0 saturated carbocycles. The molecule has 0 bridgehead atoms. The second-order valence-electron chi connectivity index (χ2n) is 5.46. The minimum Gasteiger partial charge on any atom is -0.493 e.